The molecule has 0 saturated heterocycles. The van der Waals surface area contributed by atoms with Crippen LogP contribution in [0.4, 0.5) is 9.18 Å². The van der Waals surface area contributed by atoms with Crippen molar-refractivity contribution in [1.82, 2.24) is 4.90 Å². The van der Waals surface area contributed by atoms with E-state index in [1.54, 1.807) is 20.8 Å². The van der Waals surface area contributed by atoms with Gasteiger partial charge in [0.15, 0.2) is 0 Å². The molecule has 1 aliphatic rings. The number of amides is 1. The summed E-state index contributed by atoms with van der Waals surface area (Å²) in [5.41, 5.74) is -1.98. The molecule has 0 aromatic rings. The number of rotatable bonds is 4. The van der Waals surface area contributed by atoms with Crippen molar-refractivity contribution in [3.8, 4) is 0 Å². The fourth-order valence-electron chi connectivity index (χ4n) is 3.04. The van der Waals surface area contributed by atoms with E-state index in [1.165, 1.54) is 4.90 Å². The van der Waals surface area contributed by atoms with Gasteiger partial charge in [0.05, 0.1) is 12.6 Å². The Bertz CT molecular complexity index is 308. The highest BCUT2D eigenvalue weighted by molar-refractivity contribution is 5.66. The number of carbonyl (C=O) groups is 1. The van der Waals surface area contributed by atoms with Crippen LogP contribution in [0.1, 0.15) is 59.3 Å². The van der Waals surface area contributed by atoms with Crippen LogP contribution in [0.5, 0.6) is 0 Å². The van der Waals surface area contributed by atoms with Gasteiger partial charge < -0.3 is 10.2 Å². The first-order valence-electron chi connectivity index (χ1n) is 7.02. The number of halogens is 1. The summed E-state index contributed by atoms with van der Waals surface area (Å²) in [5, 5.41) is 18.8. The molecule has 0 aromatic heterocycles. The molecular formula is C14H26FNO3. The van der Waals surface area contributed by atoms with Crippen molar-refractivity contribution < 1.29 is 19.4 Å². The van der Waals surface area contributed by atoms with Crippen LogP contribution in [0.25, 0.3) is 0 Å². The highest BCUT2D eigenvalue weighted by atomic mass is 19.1. The number of aliphatic hydroxyl groups is 1. The lowest BCUT2D eigenvalue weighted by Crippen LogP contribution is -2.54. The van der Waals surface area contributed by atoms with E-state index in [1.807, 2.05) is 0 Å². The molecule has 0 bridgehead atoms. The fraction of sp³-hybridized carbons (Fsp3) is 0.929. The van der Waals surface area contributed by atoms with Gasteiger partial charge in [-0.05, 0) is 33.6 Å². The second-order valence-electron chi connectivity index (χ2n) is 6.58. The van der Waals surface area contributed by atoms with E-state index >= 15 is 0 Å². The molecule has 1 fully saturated rings. The van der Waals surface area contributed by atoms with Gasteiger partial charge in [-0.3, -0.25) is 4.90 Å². The Balaban J connectivity index is 2.83. The van der Waals surface area contributed by atoms with Gasteiger partial charge in [-0.1, -0.05) is 19.3 Å². The van der Waals surface area contributed by atoms with E-state index in [2.05, 4.69) is 0 Å². The minimum atomic E-state index is -1.33. The maximum Gasteiger partial charge on any atom is 0.408 e. The Kier molecular flexibility index (Phi) is 5.18. The van der Waals surface area contributed by atoms with Crippen molar-refractivity contribution in [2.24, 2.45) is 0 Å². The molecular weight excluding hydrogens is 249 g/mol. The number of hydrogen-bond acceptors (Lipinski definition) is 2. The highest BCUT2D eigenvalue weighted by Crippen LogP contribution is 2.37. The van der Waals surface area contributed by atoms with Crippen molar-refractivity contribution in [3.05, 3.63) is 0 Å². The average Bonchev–Trinajstić information content (AvgIpc) is 2.26. The standard InChI is InChI=1S/C14H26FNO3/c1-13(2,3)16(12(18)19)11(10-17)9-14(15)7-5-4-6-8-14/h11,17H,4-10H2,1-3H3,(H,18,19)/t11-/m0/s1. The second-order valence-corrected chi connectivity index (χ2v) is 6.58. The normalized spacial score (nSPS) is 20.9. The van der Waals surface area contributed by atoms with Crippen LogP contribution >= 0.6 is 0 Å². The maximum atomic E-state index is 14.7. The molecule has 0 unspecified atom stereocenters. The first-order chi connectivity index (χ1) is 8.69. The van der Waals surface area contributed by atoms with Gasteiger partial charge in [0.25, 0.3) is 0 Å². The van der Waals surface area contributed by atoms with E-state index in [0.717, 1.165) is 19.3 Å². The summed E-state index contributed by atoms with van der Waals surface area (Å²) < 4.78 is 14.7. The van der Waals surface area contributed by atoms with Crippen LogP contribution in [0.15, 0.2) is 0 Å². The zero-order valence-electron chi connectivity index (χ0n) is 12.2. The van der Waals surface area contributed by atoms with E-state index < -0.39 is 23.3 Å². The third-order valence-corrected chi connectivity index (χ3v) is 3.86. The molecule has 1 atom stereocenters. The maximum absolute atomic E-state index is 14.7. The summed E-state index contributed by atoms with van der Waals surface area (Å²) in [7, 11) is 0. The Labute approximate surface area is 114 Å². The lowest BCUT2D eigenvalue weighted by molar-refractivity contribution is 0.00162. The van der Waals surface area contributed by atoms with Gasteiger partial charge >= 0.3 is 6.09 Å². The molecule has 0 aliphatic heterocycles. The molecule has 0 heterocycles. The number of nitrogens with zero attached hydrogens (tertiary/aromatic N) is 1. The number of hydrogen-bond donors (Lipinski definition) is 2. The molecule has 1 amide bonds. The molecule has 0 aromatic carbocycles. The summed E-state index contributed by atoms with van der Waals surface area (Å²) in [6, 6.07) is -0.680. The molecule has 5 heteroatoms. The smallest absolute Gasteiger partial charge is 0.408 e. The summed E-state index contributed by atoms with van der Waals surface area (Å²) in [6.45, 7) is 4.94. The van der Waals surface area contributed by atoms with Crippen LogP contribution in [-0.4, -0.2) is 45.1 Å². The first kappa shape index (κ1) is 16.2. The SMILES string of the molecule is CC(C)(C)N(C(=O)O)[C@H](CO)CC1(F)CCCCC1. The van der Waals surface area contributed by atoms with Gasteiger partial charge in [-0.15, -0.1) is 0 Å². The lowest BCUT2D eigenvalue weighted by atomic mass is 9.81. The zero-order chi connectivity index (χ0) is 14.7. The average molecular weight is 275 g/mol. The molecule has 0 radical (unpaired) electrons. The van der Waals surface area contributed by atoms with E-state index in [4.69, 9.17) is 0 Å². The van der Waals surface area contributed by atoms with Gasteiger partial charge in [-0.25, -0.2) is 9.18 Å². The molecule has 1 saturated carbocycles. The van der Waals surface area contributed by atoms with Gasteiger partial charge in [0.2, 0.25) is 0 Å². The van der Waals surface area contributed by atoms with Crippen molar-refractivity contribution in [2.45, 2.75) is 76.5 Å². The summed E-state index contributed by atoms with van der Waals surface area (Å²) >= 11 is 0. The Hall–Kier alpha value is -0.840. The predicted molar refractivity (Wildman–Crippen MR) is 72.0 cm³/mol. The van der Waals surface area contributed by atoms with Gasteiger partial charge in [0, 0.05) is 12.0 Å². The largest absolute Gasteiger partial charge is 0.465 e. The fourth-order valence-corrected chi connectivity index (χ4v) is 3.04. The van der Waals surface area contributed by atoms with E-state index in [-0.39, 0.29) is 13.0 Å². The summed E-state index contributed by atoms with van der Waals surface area (Å²) in [5.74, 6) is 0. The van der Waals surface area contributed by atoms with Gasteiger partial charge in [0.1, 0.15) is 5.67 Å². The molecule has 1 rings (SSSR count). The Morgan fingerprint density at radius 3 is 2.21 bits per heavy atom. The van der Waals surface area contributed by atoms with Crippen LogP contribution in [0.3, 0.4) is 0 Å². The van der Waals surface area contributed by atoms with E-state index in [0.29, 0.717) is 12.8 Å². The molecule has 4 nitrogen and oxygen atoms in total. The van der Waals surface area contributed by atoms with Crippen molar-refractivity contribution in [1.29, 1.82) is 0 Å². The van der Waals surface area contributed by atoms with Crippen molar-refractivity contribution in [2.75, 3.05) is 6.61 Å². The van der Waals surface area contributed by atoms with Crippen LogP contribution in [-0.2, 0) is 0 Å². The molecule has 1 aliphatic carbocycles. The summed E-state index contributed by atoms with van der Waals surface area (Å²) in [6.07, 6.45) is 2.66. The number of aliphatic hydroxyl groups excluding tert-OH is 1. The highest BCUT2D eigenvalue weighted by Gasteiger charge is 2.40. The quantitative estimate of drug-likeness (QED) is 0.828. The molecule has 2 N–H and O–H groups in total. The van der Waals surface area contributed by atoms with Crippen molar-refractivity contribution >= 4 is 6.09 Å². The minimum absolute atomic E-state index is 0.0903. The summed E-state index contributed by atoms with van der Waals surface area (Å²) in [4.78, 5) is 12.6. The van der Waals surface area contributed by atoms with E-state index in [9.17, 15) is 19.4 Å². The molecule has 0 spiro atoms. The minimum Gasteiger partial charge on any atom is -0.465 e. The molecule has 19 heavy (non-hydrogen) atoms. The van der Waals surface area contributed by atoms with Crippen LogP contribution in [0, 0.1) is 0 Å². The van der Waals surface area contributed by atoms with Crippen LogP contribution < -0.4 is 0 Å². The zero-order valence-corrected chi connectivity index (χ0v) is 12.2. The van der Waals surface area contributed by atoms with Crippen LogP contribution in [0.2, 0.25) is 0 Å². The third-order valence-electron chi connectivity index (χ3n) is 3.86. The van der Waals surface area contributed by atoms with Gasteiger partial charge in [-0.2, -0.15) is 0 Å². The number of alkyl halides is 1. The molecule has 112 valence electrons. The topological polar surface area (TPSA) is 60.8 Å². The Morgan fingerprint density at radius 1 is 1.32 bits per heavy atom. The predicted octanol–water partition coefficient (Wildman–Crippen LogP) is 3.19. The monoisotopic (exact) mass is 275 g/mol. The number of carboxylic acid groups (broad SMARTS) is 1. The third kappa shape index (κ3) is 4.34. The Morgan fingerprint density at radius 2 is 1.84 bits per heavy atom. The van der Waals surface area contributed by atoms with Crippen molar-refractivity contribution in [3.63, 3.8) is 0 Å². The lowest BCUT2D eigenvalue weighted by Gasteiger charge is -2.42. The first-order valence-corrected chi connectivity index (χ1v) is 7.02. The second kappa shape index (κ2) is 6.07.